The first-order chi connectivity index (χ1) is 12.6. The van der Waals surface area contributed by atoms with Crippen LogP contribution in [0.25, 0.3) is 17.3 Å². The fourth-order valence-corrected chi connectivity index (χ4v) is 2.57. The van der Waals surface area contributed by atoms with Crippen LogP contribution >= 0.6 is 11.6 Å². The molecule has 3 rings (SSSR count). The van der Waals surface area contributed by atoms with Gasteiger partial charge in [-0.25, -0.2) is 0 Å². The molecule has 5 nitrogen and oxygen atoms in total. The van der Waals surface area contributed by atoms with E-state index < -0.39 is 0 Å². The highest BCUT2D eigenvalue weighted by Gasteiger charge is 2.09. The molecule has 26 heavy (non-hydrogen) atoms. The van der Waals surface area contributed by atoms with Crippen molar-refractivity contribution in [1.82, 2.24) is 10.2 Å². The third-order valence-electron chi connectivity index (χ3n) is 3.82. The number of rotatable bonds is 6. The van der Waals surface area contributed by atoms with Gasteiger partial charge < -0.3 is 9.47 Å². The van der Waals surface area contributed by atoms with E-state index in [0.29, 0.717) is 22.1 Å². The van der Waals surface area contributed by atoms with Crippen LogP contribution in [0.4, 0.5) is 0 Å². The minimum absolute atomic E-state index is 0.107. The van der Waals surface area contributed by atoms with Crippen molar-refractivity contribution in [3.63, 3.8) is 0 Å². The topological polar surface area (TPSA) is 64.2 Å². The molecular weight excluding hydrogens is 352 g/mol. The second-order valence-electron chi connectivity index (χ2n) is 5.48. The zero-order valence-corrected chi connectivity index (χ0v) is 15.1. The molecular formula is C20H17ClN2O3. The standard InChI is InChI=1S/C20H17ClN2O3/c1-25-19-10-5-14(11-20(19)26-2)17-12-16(22-23-17)8-9-18(24)13-3-6-15(21)7-4-13/h3-12H,1-2H3,(H,22,23)/b9-8+. The number of carbonyl (C=O) groups excluding carboxylic acids is 1. The Bertz CT molecular complexity index is 946. The van der Waals surface area contributed by atoms with Gasteiger partial charge in [-0.05, 0) is 60.7 Å². The Labute approximate surface area is 156 Å². The third kappa shape index (κ3) is 3.95. The normalized spacial score (nSPS) is 10.9. The number of aromatic nitrogens is 2. The van der Waals surface area contributed by atoms with Crippen molar-refractivity contribution in [2.45, 2.75) is 0 Å². The van der Waals surface area contributed by atoms with Crippen LogP contribution in [0.5, 0.6) is 11.5 Å². The summed E-state index contributed by atoms with van der Waals surface area (Å²) in [6.45, 7) is 0. The van der Waals surface area contributed by atoms with E-state index in [1.54, 1.807) is 44.6 Å². The lowest BCUT2D eigenvalue weighted by Crippen LogP contribution is -1.93. The summed E-state index contributed by atoms with van der Waals surface area (Å²) >= 11 is 5.83. The van der Waals surface area contributed by atoms with Gasteiger partial charge >= 0.3 is 0 Å². The molecule has 0 aliphatic carbocycles. The smallest absolute Gasteiger partial charge is 0.185 e. The Morgan fingerprint density at radius 2 is 1.77 bits per heavy atom. The summed E-state index contributed by atoms with van der Waals surface area (Å²) in [5.41, 5.74) is 2.91. The van der Waals surface area contributed by atoms with Crippen molar-refractivity contribution in [1.29, 1.82) is 0 Å². The average molecular weight is 369 g/mol. The number of nitrogens with zero attached hydrogens (tertiary/aromatic N) is 1. The van der Waals surface area contributed by atoms with E-state index in [1.807, 2.05) is 24.3 Å². The maximum Gasteiger partial charge on any atom is 0.185 e. The second-order valence-corrected chi connectivity index (χ2v) is 5.92. The number of ketones is 1. The van der Waals surface area contributed by atoms with Crippen molar-refractivity contribution >= 4 is 23.5 Å². The molecule has 1 heterocycles. The summed E-state index contributed by atoms with van der Waals surface area (Å²) in [6, 6.07) is 14.2. The van der Waals surface area contributed by atoms with Crippen LogP contribution in [0, 0.1) is 0 Å². The largest absolute Gasteiger partial charge is 0.493 e. The van der Waals surface area contributed by atoms with E-state index >= 15 is 0 Å². The Hall–Kier alpha value is -3.05. The Morgan fingerprint density at radius 3 is 2.46 bits per heavy atom. The Kier molecular flexibility index (Phi) is 5.39. The van der Waals surface area contributed by atoms with Gasteiger partial charge in [-0.3, -0.25) is 9.89 Å². The molecule has 0 aliphatic heterocycles. The van der Waals surface area contributed by atoms with Gasteiger partial charge in [0, 0.05) is 16.1 Å². The predicted molar refractivity (Wildman–Crippen MR) is 102 cm³/mol. The lowest BCUT2D eigenvalue weighted by atomic mass is 10.1. The van der Waals surface area contributed by atoms with Crippen molar-refractivity contribution in [2.75, 3.05) is 14.2 Å². The summed E-state index contributed by atoms with van der Waals surface area (Å²) in [4.78, 5) is 12.2. The monoisotopic (exact) mass is 368 g/mol. The lowest BCUT2D eigenvalue weighted by Gasteiger charge is -2.08. The minimum Gasteiger partial charge on any atom is -0.493 e. The first-order valence-corrected chi connectivity index (χ1v) is 8.24. The molecule has 0 bridgehead atoms. The van der Waals surface area contributed by atoms with Gasteiger partial charge in [0.15, 0.2) is 17.3 Å². The van der Waals surface area contributed by atoms with E-state index in [0.717, 1.165) is 17.0 Å². The predicted octanol–water partition coefficient (Wildman–Crippen LogP) is 4.64. The van der Waals surface area contributed by atoms with E-state index in [4.69, 9.17) is 21.1 Å². The van der Waals surface area contributed by atoms with Crippen molar-refractivity contribution in [3.05, 3.63) is 70.9 Å². The third-order valence-corrected chi connectivity index (χ3v) is 4.07. The van der Waals surface area contributed by atoms with Gasteiger partial charge in [0.25, 0.3) is 0 Å². The van der Waals surface area contributed by atoms with Gasteiger partial charge in [0.1, 0.15) is 0 Å². The van der Waals surface area contributed by atoms with Crippen LogP contribution in [0.1, 0.15) is 16.1 Å². The Balaban J connectivity index is 1.77. The summed E-state index contributed by atoms with van der Waals surface area (Å²) in [7, 11) is 3.18. The molecule has 0 amide bonds. The quantitative estimate of drug-likeness (QED) is 0.508. The number of aromatic amines is 1. The molecule has 0 radical (unpaired) electrons. The SMILES string of the molecule is COc1ccc(-c2cc(/C=C/C(=O)c3ccc(Cl)cc3)[nH]n2)cc1OC. The fraction of sp³-hybridized carbons (Fsp3) is 0.100. The average Bonchev–Trinajstić information content (AvgIpc) is 3.15. The first-order valence-electron chi connectivity index (χ1n) is 7.86. The molecule has 0 aliphatic rings. The maximum absolute atomic E-state index is 12.2. The molecule has 2 aromatic carbocycles. The van der Waals surface area contributed by atoms with Gasteiger partial charge in [0.2, 0.25) is 0 Å². The maximum atomic E-state index is 12.2. The number of nitrogens with one attached hydrogen (secondary N) is 1. The number of H-pyrrole nitrogens is 1. The van der Waals surface area contributed by atoms with Gasteiger partial charge in [-0.1, -0.05) is 11.6 Å². The fourth-order valence-electron chi connectivity index (χ4n) is 2.44. The molecule has 0 saturated carbocycles. The molecule has 6 heteroatoms. The second kappa shape index (κ2) is 7.89. The summed E-state index contributed by atoms with van der Waals surface area (Å²) in [5.74, 6) is 1.17. The van der Waals surface area contributed by atoms with Crippen LogP contribution in [0.2, 0.25) is 5.02 Å². The number of hydrogen-bond donors (Lipinski definition) is 1. The van der Waals surface area contributed by atoms with Crippen molar-refractivity contribution in [3.8, 4) is 22.8 Å². The van der Waals surface area contributed by atoms with Crippen LogP contribution in [0.3, 0.4) is 0 Å². The van der Waals surface area contributed by atoms with Crippen LogP contribution in [-0.4, -0.2) is 30.2 Å². The van der Waals surface area contributed by atoms with E-state index in [9.17, 15) is 4.79 Å². The number of carbonyl (C=O) groups is 1. The number of halogens is 1. The number of benzene rings is 2. The highest BCUT2D eigenvalue weighted by molar-refractivity contribution is 6.30. The number of methoxy groups -OCH3 is 2. The molecule has 0 atom stereocenters. The minimum atomic E-state index is -0.107. The Morgan fingerprint density at radius 1 is 1.04 bits per heavy atom. The van der Waals surface area contributed by atoms with E-state index in [1.165, 1.54) is 6.08 Å². The van der Waals surface area contributed by atoms with Gasteiger partial charge in [-0.2, -0.15) is 5.10 Å². The molecule has 1 N–H and O–H groups in total. The van der Waals surface area contributed by atoms with Gasteiger partial charge in [0.05, 0.1) is 25.6 Å². The molecule has 0 fully saturated rings. The molecule has 0 unspecified atom stereocenters. The molecule has 0 saturated heterocycles. The number of allylic oxidation sites excluding steroid dienone is 1. The summed E-state index contributed by atoms with van der Waals surface area (Å²) < 4.78 is 10.5. The summed E-state index contributed by atoms with van der Waals surface area (Å²) in [5, 5.41) is 7.78. The van der Waals surface area contributed by atoms with Crippen LogP contribution in [-0.2, 0) is 0 Å². The molecule has 132 valence electrons. The lowest BCUT2D eigenvalue weighted by molar-refractivity contribution is 0.104. The van der Waals surface area contributed by atoms with E-state index in [2.05, 4.69) is 10.2 Å². The number of ether oxygens (including phenoxy) is 2. The van der Waals surface area contributed by atoms with Crippen LogP contribution < -0.4 is 9.47 Å². The van der Waals surface area contributed by atoms with Crippen molar-refractivity contribution < 1.29 is 14.3 Å². The highest BCUT2D eigenvalue weighted by Crippen LogP contribution is 2.31. The number of hydrogen-bond acceptors (Lipinski definition) is 4. The molecule has 3 aromatic rings. The zero-order valence-electron chi connectivity index (χ0n) is 14.3. The van der Waals surface area contributed by atoms with Gasteiger partial charge in [-0.15, -0.1) is 0 Å². The molecule has 0 spiro atoms. The highest BCUT2D eigenvalue weighted by atomic mass is 35.5. The first kappa shape index (κ1) is 17.8. The van der Waals surface area contributed by atoms with Crippen LogP contribution in [0.15, 0.2) is 54.6 Å². The molecule has 1 aromatic heterocycles. The summed E-state index contributed by atoms with van der Waals surface area (Å²) in [6.07, 6.45) is 3.18. The van der Waals surface area contributed by atoms with Crippen molar-refractivity contribution in [2.24, 2.45) is 0 Å². The zero-order chi connectivity index (χ0) is 18.5. The van der Waals surface area contributed by atoms with E-state index in [-0.39, 0.29) is 5.78 Å².